The van der Waals surface area contributed by atoms with Gasteiger partial charge in [0.2, 0.25) is 0 Å². The minimum absolute atomic E-state index is 0.0253. The van der Waals surface area contributed by atoms with Gasteiger partial charge in [0.25, 0.3) is 0 Å². The number of carbonyl (C=O) groups is 1. The van der Waals surface area contributed by atoms with Gasteiger partial charge in [0, 0.05) is 11.2 Å². The van der Waals surface area contributed by atoms with Crippen LogP contribution in [0.25, 0.3) is 6.08 Å². The number of rotatable bonds is 5. The van der Waals surface area contributed by atoms with Crippen LogP contribution in [0.15, 0.2) is 35.3 Å². The van der Waals surface area contributed by atoms with Crippen LogP contribution in [0.1, 0.15) is 19.4 Å². The number of hydrogen-bond donors (Lipinski definition) is 1. The summed E-state index contributed by atoms with van der Waals surface area (Å²) in [5.41, 5.74) is 0.988. The molecule has 0 saturated heterocycles. The summed E-state index contributed by atoms with van der Waals surface area (Å²) in [4.78, 5) is 14.9. The summed E-state index contributed by atoms with van der Waals surface area (Å²) in [5, 5.41) is 9.62. The molecule has 1 atom stereocenters. The summed E-state index contributed by atoms with van der Waals surface area (Å²) >= 11 is 5.77. The van der Waals surface area contributed by atoms with E-state index < -0.39 is 12.0 Å². The molecule has 1 aromatic rings. The Labute approximate surface area is 112 Å². The smallest absolute Gasteiger partial charge is 0.328 e. The van der Waals surface area contributed by atoms with Crippen molar-refractivity contribution < 1.29 is 9.90 Å². The van der Waals surface area contributed by atoms with Crippen molar-refractivity contribution in [1.29, 1.82) is 0 Å². The molecule has 0 aliphatic heterocycles. The minimum Gasteiger partial charge on any atom is -0.480 e. The number of carboxylic acids is 1. The Morgan fingerprint density at radius 1 is 1.33 bits per heavy atom. The van der Waals surface area contributed by atoms with Gasteiger partial charge in [0.15, 0.2) is 0 Å². The van der Waals surface area contributed by atoms with Gasteiger partial charge in [-0.2, -0.15) is 0 Å². The number of aliphatic carboxylic acids is 1. The van der Waals surface area contributed by atoms with Gasteiger partial charge in [-0.05, 0) is 29.7 Å². The summed E-state index contributed by atoms with van der Waals surface area (Å²) in [5.74, 6) is -0.927. The maximum atomic E-state index is 10.9. The summed E-state index contributed by atoms with van der Waals surface area (Å²) < 4.78 is 0. The molecule has 0 aliphatic rings. The Hall–Kier alpha value is -1.61. The SMILES string of the molecule is CC(C)[C@H](N=C/C=C/c1ccc(Cl)cc1)C(=O)O. The molecule has 0 heterocycles. The fourth-order valence-corrected chi connectivity index (χ4v) is 1.52. The quantitative estimate of drug-likeness (QED) is 0.828. The number of carboxylic acid groups (broad SMARTS) is 1. The zero-order chi connectivity index (χ0) is 13.5. The van der Waals surface area contributed by atoms with Gasteiger partial charge >= 0.3 is 5.97 Å². The van der Waals surface area contributed by atoms with E-state index in [1.165, 1.54) is 6.21 Å². The highest BCUT2D eigenvalue weighted by molar-refractivity contribution is 6.30. The summed E-state index contributed by atoms with van der Waals surface area (Å²) in [6.07, 6.45) is 5.09. The molecule has 0 radical (unpaired) electrons. The van der Waals surface area contributed by atoms with Crippen LogP contribution < -0.4 is 0 Å². The van der Waals surface area contributed by atoms with Gasteiger partial charge < -0.3 is 5.11 Å². The van der Waals surface area contributed by atoms with Crippen molar-refractivity contribution in [2.45, 2.75) is 19.9 Å². The van der Waals surface area contributed by atoms with Crippen LogP contribution in [-0.2, 0) is 4.79 Å². The molecule has 0 spiro atoms. The second-order valence-corrected chi connectivity index (χ2v) is 4.67. The van der Waals surface area contributed by atoms with Crippen molar-refractivity contribution in [1.82, 2.24) is 0 Å². The molecule has 18 heavy (non-hydrogen) atoms. The van der Waals surface area contributed by atoms with Crippen molar-refractivity contribution in [3.63, 3.8) is 0 Å². The van der Waals surface area contributed by atoms with Crippen LogP contribution in [0, 0.1) is 5.92 Å². The van der Waals surface area contributed by atoms with E-state index in [-0.39, 0.29) is 5.92 Å². The first-order valence-corrected chi connectivity index (χ1v) is 6.06. The Bertz CT molecular complexity index is 449. The summed E-state index contributed by atoms with van der Waals surface area (Å²) in [6, 6.07) is 6.66. The van der Waals surface area contributed by atoms with Gasteiger partial charge in [-0.1, -0.05) is 43.7 Å². The third-order valence-electron chi connectivity index (χ3n) is 2.38. The lowest BCUT2D eigenvalue weighted by atomic mass is 10.1. The van der Waals surface area contributed by atoms with E-state index in [0.29, 0.717) is 5.02 Å². The highest BCUT2D eigenvalue weighted by Gasteiger charge is 2.18. The Morgan fingerprint density at radius 3 is 2.44 bits per heavy atom. The van der Waals surface area contributed by atoms with Gasteiger partial charge in [0.1, 0.15) is 6.04 Å². The topological polar surface area (TPSA) is 49.7 Å². The van der Waals surface area contributed by atoms with E-state index >= 15 is 0 Å². The van der Waals surface area contributed by atoms with Gasteiger partial charge in [-0.15, -0.1) is 0 Å². The van der Waals surface area contributed by atoms with Crippen LogP contribution >= 0.6 is 11.6 Å². The fourth-order valence-electron chi connectivity index (χ4n) is 1.39. The Kier molecular flexibility index (Phi) is 5.59. The van der Waals surface area contributed by atoms with Crippen LogP contribution in [0.4, 0.5) is 0 Å². The molecule has 0 aromatic heterocycles. The standard InChI is InChI=1S/C14H16ClNO2/c1-10(2)13(14(17)18)16-9-3-4-11-5-7-12(15)8-6-11/h3-10,13H,1-2H3,(H,17,18)/b4-3+,16-9?/t13-/m0/s1. The first-order valence-electron chi connectivity index (χ1n) is 5.69. The third-order valence-corrected chi connectivity index (χ3v) is 2.63. The highest BCUT2D eigenvalue weighted by Crippen LogP contribution is 2.10. The van der Waals surface area contributed by atoms with E-state index in [0.717, 1.165) is 5.56 Å². The van der Waals surface area contributed by atoms with Crippen molar-refractivity contribution in [2.24, 2.45) is 10.9 Å². The molecule has 0 unspecified atom stereocenters. The lowest BCUT2D eigenvalue weighted by molar-refractivity contribution is -0.139. The van der Waals surface area contributed by atoms with Crippen LogP contribution in [0.5, 0.6) is 0 Å². The number of nitrogens with zero attached hydrogens (tertiary/aromatic N) is 1. The van der Waals surface area contributed by atoms with Crippen LogP contribution in [0.3, 0.4) is 0 Å². The van der Waals surface area contributed by atoms with E-state index in [1.807, 2.05) is 32.1 Å². The third kappa shape index (κ3) is 4.72. The van der Waals surface area contributed by atoms with Gasteiger partial charge in [-0.25, -0.2) is 4.79 Å². The normalized spacial score (nSPS) is 13.6. The average Bonchev–Trinajstić information content (AvgIpc) is 2.30. The number of benzene rings is 1. The molecule has 0 bridgehead atoms. The second-order valence-electron chi connectivity index (χ2n) is 4.24. The van der Waals surface area contributed by atoms with Crippen molar-refractivity contribution >= 4 is 29.9 Å². The van der Waals surface area contributed by atoms with Crippen LogP contribution in [-0.4, -0.2) is 23.3 Å². The molecular formula is C14H16ClNO2. The number of allylic oxidation sites excluding steroid dienone is 1. The lowest BCUT2D eigenvalue weighted by Crippen LogP contribution is -2.23. The van der Waals surface area contributed by atoms with Gasteiger partial charge in [0.05, 0.1) is 0 Å². The van der Waals surface area contributed by atoms with E-state index in [1.54, 1.807) is 18.2 Å². The molecule has 96 valence electrons. The van der Waals surface area contributed by atoms with E-state index in [4.69, 9.17) is 16.7 Å². The maximum absolute atomic E-state index is 10.9. The molecule has 1 aromatic carbocycles. The first-order chi connectivity index (χ1) is 8.50. The Morgan fingerprint density at radius 2 is 1.94 bits per heavy atom. The molecular weight excluding hydrogens is 250 g/mol. The number of hydrogen-bond acceptors (Lipinski definition) is 2. The first kappa shape index (κ1) is 14.5. The molecule has 0 saturated carbocycles. The molecule has 1 rings (SSSR count). The minimum atomic E-state index is -0.902. The Balaban J connectivity index is 2.63. The van der Waals surface area contributed by atoms with E-state index in [2.05, 4.69) is 4.99 Å². The molecule has 0 aliphatic carbocycles. The van der Waals surface area contributed by atoms with Gasteiger partial charge in [-0.3, -0.25) is 4.99 Å². The van der Waals surface area contributed by atoms with E-state index in [9.17, 15) is 4.79 Å². The average molecular weight is 266 g/mol. The lowest BCUT2D eigenvalue weighted by Gasteiger charge is -2.09. The van der Waals surface area contributed by atoms with Crippen LogP contribution in [0.2, 0.25) is 5.02 Å². The maximum Gasteiger partial charge on any atom is 0.328 e. The molecule has 0 fully saturated rings. The predicted molar refractivity (Wildman–Crippen MR) is 75.2 cm³/mol. The summed E-state index contributed by atoms with van der Waals surface area (Å²) in [6.45, 7) is 3.66. The molecule has 4 heteroatoms. The van der Waals surface area contributed by atoms with Crippen molar-refractivity contribution in [3.8, 4) is 0 Å². The monoisotopic (exact) mass is 265 g/mol. The zero-order valence-corrected chi connectivity index (χ0v) is 11.1. The zero-order valence-electron chi connectivity index (χ0n) is 10.4. The molecule has 1 N–H and O–H groups in total. The highest BCUT2D eigenvalue weighted by atomic mass is 35.5. The van der Waals surface area contributed by atoms with Crippen molar-refractivity contribution in [2.75, 3.05) is 0 Å². The largest absolute Gasteiger partial charge is 0.480 e. The molecule has 0 amide bonds. The summed E-state index contributed by atoms with van der Waals surface area (Å²) in [7, 11) is 0. The predicted octanol–water partition coefficient (Wildman–Crippen LogP) is 3.53. The fraction of sp³-hybridized carbons (Fsp3) is 0.286. The second kappa shape index (κ2) is 6.97. The van der Waals surface area contributed by atoms with Crippen molar-refractivity contribution in [3.05, 3.63) is 40.9 Å². The number of aliphatic imine (C=N–C) groups is 1. The number of halogens is 1. The molecule has 3 nitrogen and oxygen atoms in total.